The fraction of sp³-hybridized carbons (Fsp3) is 0.167. The van der Waals surface area contributed by atoms with Crippen molar-refractivity contribution in [2.45, 2.75) is 12.3 Å². The van der Waals surface area contributed by atoms with E-state index in [2.05, 4.69) is 15.6 Å². The van der Waals surface area contributed by atoms with Crippen LogP contribution in [0.1, 0.15) is 27.7 Å². The van der Waals surface area contributed by atoms with E-state index >= 15 is 0 Å². The lowest BCUT2D eigenvalue weighted by atomic mass is 10.1. The Morgan fingerprint density at radius 1 is 1.11 bits per heavy atom. The Morgan fingerprint density at radius 2 is 1.78 bits per heavy atom. The van der Waals surface area contributed by atoms with Gasteiger partial charge < -0.3 is 10.4 Å². The maximum Gasteiger partial charge on any atom is 0.416 e. The van der Waals surface area contributed by atoms with Gasteiger partial charge in [-0.1, -0.05) is 35.5 Å². The first kappa shape index (κ1) is 18.6. The minimum Gasteiger partial charge on any atom is -0.387 e. The Bertz CT molecular complexity index is 908. The van der Waals surface area contributed by atoms with Crippen molar-refractivity contribution in [1.82, 2.24) is 20.3 Å². The van der Waals surface area contributed by atoms with Crippen LogP contribution in [0.4, 0.5) is 13.2 Å². The van der Waals surface area contributed by atoms with Gasteiger partial charge in [-0.15, -0.1) is 5.10 Å². The lowest BCUT2D eigenvalue weighted by molar-refractivity contribution is -0.137. The maximum absolute atomic E-state index is 12.6. The number of carbonyl (C=O) groups excluding carboxylic acids is 1. The van der Waals surface area contributed by atoms with Crippen LogP contribution in [0.15, 0.2) is 60.8 Å². The average molecular weight is 376 g/mol. The topological polar surface area (TPSA) is 80.0 Å². The molecule has 0 aliphatic carbocycles. The van der Waals surface area contributed by atoms with Crippen LogP contribution >= 0.6 is 0 Å². The van der Waals surface area contributed by atoms with Crippen LogP contribution in [0.5, 0.6) is 0 Å². The van der Waals surface area contributed by atoms with E-state index in [4.69, 9.17) is 0 Å². The van der Waals surface area contributed by atoms with Crippen molar-refractivity contribution in [2.24, 2.45) is 0 Å². The zero-order valence-corrected chi connectivity index (χ0v) is 13.9. The number of rotatable bonds is 5. The van der Waals surface area contributed by atoms with Crippen LogP contribution in [-0.4, -0.2) is 32.6 Å². The SMILES string of the molecule is O=C(NC[C@@H](O)c1ccc(C(F)(F)F)cc1)c1cn(-c2ccccc2)nn1. The van der Waals surface area contributed by atoms with E-state index in [1.54, 1.807) is 12.1 Å². The highest BCUT2D eigenvalue weighted by atomic mass is 19.4. The first-order chi connectivity index (χ1) is 12.8. The number of para-hydroxylation sites is 1. The van der Waals surface area contributed by atoms with Gasteiger partial charge in [-0.3, -0.25) is 4.79 Å². The fourth-order valence-corrected chi connectivity index (χ4v) is 2.37. The third-order valence-electron chi connectivity index (χ3n) is 3.83. The van der Waals surface area contributed by atoms with Crippen LogP contribution in [-0.2, 0) is 6.18 Å². The molecule has 1 heterocycles. The van der Waals surface area contributed by atoms with Crippen molar-refractivity contribution in [3.05, 3.63) is 77.6 Å². The molecule has 0 aliphatic heterocycles. The summed E-state index contributed by atoms with van der Waals surface area (Å²) < 4.78 is 39.1. The molecule has 3 rings (SSSR count). The van der Waals surface area contributed by atoms with E-state index in [9.17, 15) is 23.1 Å². The summed E-state index contributed by atoms with van der Waals surface area (Å²) in [5.41, 5.74) is 0.239. The Balaban J connectivity index is 1.60. The number of nitrogens with zero attached hydrogens (tertiary/aromatic N) is 3. The molecule has 0 spiro atoms. The molecular formula is C18H15F3N4O2. The summed E-state index contributed by atoms with van der Waals surface area (Å²) in [5.74, 6) is -0.553. The highest BCUT2D eigenvalue weighted by Crippen LogP contribution is 2.29. The molecule has 0 unspecified atom stereocenters. The summed E-state index contributed by atoms with van der Waals surface area (Å²) >= 11 is 0. The Kier molecular flexibility index (Phi) is 5.22. The van der Waals surface area contributed by atoms with Crippen LogP contribution < -0.4 is 5.32 Å². The molecular weight excluding hydrogens is 361 g/mol. The molecule has 0 bridgehead atoms. The van der Waals surface area contributed by atoms with Crippen molar-refractivity contribution in [3.63, 3.8) is 0 Å². The van der Waals surface area contributed by atoms with Gasteiger partial charge in [0.05, 0.1) is 23.6 Å². The van der Waals surface area contributed by atoms with Crippen LogP contribution in [0, 0.1) is 0 Å². The molecule has 3 aromatic rings. The van der Waals surface area contributed by atoms with Gasteiger partial charge >= 0.3 is 6.18 Å². The number of hydrogen-bond donors (Lipinski definition) is 2. The summed E-state index contributed by atoms with van der Waals surface area (Å²) in [7, 11) is 0. The van der Waals surface area contributed by atoms with Crippen LogP contribution in [0.3, 0.4) is 0 Å². The van der Waals surface area contributed by atoms with Crippen molar-refractivity contribution in [3.8, 4) is 5.69 Å². The van der Waals surface area contributed by atoms with E-state index in [1.807, 2.05) is 18.2 Å². The van der Waals surface area contributed by atoms with Gasteiger partial charge in [0.1, 0.15) is 0 Å². The first-order valence-corrected chi connectivity index (χ1v) is 7.96. The van der Waals surface area contributed by atoms with Gasteiger partial charge in [0.2, 0.25) is 0 Å². The molecule has 2 N–H and O–H groups in total. The highest BCUT2D eigenvalue weighted by molar-refractivity contribution is 5.91. The second kappa shape index (κ2) is 7.58. The molecule has 2 aromatic carbocycles. The number of aliphatic hydroxyl groups excluding tert-OH is 1. The lowest BCUT2D eigenvalue weighted by Crippen LogP contribution is -2.28. The quantitative estimate of drug-likeness (QED) is 0.718. The highest BCUT2D eigenvalue weighted by Gasteiger charge is 2.30. The minimum absolute atomic E-state index is 0.0541. The van der Waals surface area contributed by atoms with Gasteiger partial charge in [0.15, 0.2) is 5.69 Å². The molecule has 140 valence electrons. The van der Waals surface area contributed by atoms with Gasteiger partial charge in [0.25, 0.3) is 5.91 Å². The molecule has 0 saturated heterocycles. The molecule has 1 aromatic heterocycles. The number of halogens is 3. The van der Waals surface area contributed by atoms with E-state index in [0.717, 1.165) is 17.8 Å². The summed E-state index contributed by atoms with van der Waals surface area (Å²) in [6.45, 7) is -0.178. The number of aromatic nitrogens is 3. The van der Waals surface area contributed by atoms with E-state index in [0.29, 0.717) is 0 Å². The van der Waals surface area contributed by atoms with Crippen molar-refractivity contribution in [1.29, 1.82) is 0 Å². The molecule has 1 atom stereocenters. The summed E-state index contributed by atoms with van der Waals surface area (Å²) in [6.07, 6.45) is -4.15. The average Bonchev–Trinajstić information content (AvgIpc) is 3.16. The van der Waals surface area contributed by atoms with Gasteiger partial charge in [0, 0.05) is 6.54 Å². The molecule has 0 radical (unpaired) electrons. The fourth-order valence-electron chi connectivity index (χ4n) is 2.37. The number of amides is 1. The summed E-state index contributed by atoms with van der Waals surface area (Å²) in [4.78, 5) is 12.1. The number of benzene rings is 2. The number of carbonyl (C=O) groups is 1. The zero-order valence-electron chi connectivity index (χ0n) is 13.9. The number of aliphatic hydroxyl groups is 1. The Labute approximate surface area is 152 Å². The normalized spacial score (nSPS) is 12.6. The molecule has 0 aliphatic rings. The van der Waals surface area contributed by atoms with Crippen LogP contribution in [0.2, 0.25) is 0 Å². The van der Waals surface area contributed by atoms with Gasteiger partial charge in [-0.2, -0.15) is 13.2 Å². The van der Waals surface area contributed by atoms with Crippen molar-refractivity contribution < 1.29 is 23.1 Å². The number of nitrogens with one attached hydrogen (secondary N) is 1. The summed E-state index contributed by atoms with van der Waals surface area (Å²) in [6, 6.07) is 13.2. The largest absolute Gasteiger partial charge is 0.416 e. The van der Waals surface area contributed by atoms with E-state index in [-0.39, 0.29) is 17.8 Å². The molecule has 9 heteroatoms. The van der Waals surface area contributed by atoms with Crippen molar-refractivity contribution >= 4 is 5.91 Å². The van der Waals surface area contributed by atoms with E-state index < -0.39 is 23.8 Å². The molecule has 6 nitrogen and oxygen atoms in total. The monoisotopic (exact) mass is 376 g/mol. The minimum atomic E-state index is -4.44. The number of alkyl halides is 3. The molecule has 0 saturated carbocycles. The number of hydrogen-bond acceptors (Lipinski definition) is 4. The smallest absolute Gasteiger partial charge is 0.387 e. The van der Waals surface area contributed by atoms with Gasteiger partial charge in [-0.25, -0.2) is 4.68 Å². The van der Waals surface area contributed by atoms with Crippen molar-refractivity contribution in [2.75, 3.05) is 6.54 Å². The second-order valence-electron chi connectivity index (χ2n) is 5.73. The molecule has 0 fully saturated rings. The zero-order chi connectivity index (χ0) is 19.4. The first-order valence-electron chi connectivity index (χ1n) is 7.96. The Hall–Kier alpha value is -3.20. The lowest BCUT2D eigenvalue weighted by Gasteiger charge is -2.13. The standard InChI is InChI=1S/C18H15F3N4O2/c19-18(20,21)13-8-6-12(7-9-13)16(26)10-22-17(27)15-11-25(24-23-15)14-4-2-1-3-5-14/h1-9,11,16,26H,10H2,(H,22,27)/t16-/m1/s1. The van der Waals surface area contributed by atoms with Gasteiger partial charge in [-0.05, 0) is 29.8 Å². The predicted molar refractivity (Wildman–Crippen MR) is 90.1 cm³/mol. The third kappa shape index (κ3) is 4.50. The molecule has 27 heavy (non-hydrogen) atoms. The summed E-state index contributed by atoms with van der Waals surface area (Å²) in [5, 5.41) is 20.2. The predicted octanol–water partition coefficient (Wildman–Crippen LogP) is 2.75. The second-order valence-corrected chi connectivity index (χ2v) is 5.73. The third-order valence-corrected chi connectivity index (χ3v) is 3.83. The van der Waals surface area contributed by atoms with Crippen LogP contribution in [0.25, 0.3) is 5.69 Å². The maximum atomic E-state index is 12.6. The molecule has 1 amide bonds. The van der Waals surface area contributed by atoms with E-state index in [1.165, 1.54) is 23.0 Å². The Morgan fingerprint density at radius 3 is 2.41 bits per heavy atom.